The lowest BCUT2D eigenvalue weighted by molar-refractivity contribution is -0.137. The van der Waals surface area contributed by atoms with Gasteiger partial charge in [0.05, 0.1) is 18.2 Å². The minimum Gasteiger partial charge on any atom is -0.489 e. The molecule has 0 saturated heterocycles. The molecular formula is C13H17NO3. The van der Waals surface area contributed by atoms with Crippen LogP contribution in [0.15, 0.2) is 18.2 Å². The fraction of sp³-hybridized carbons (Fsp3) is 0.462. The molecule has 4 heteroatoms. The van der Waals surface area contributed by atoms with Crippen molar-refractivity contribution in [3.8, 4) is 5.75 Å². The number of hydrogen-bond acceptors (Lipinski definition) is 3. The fourth-order valence-corrected chi connectivity index (χ4v) is 2.25. The number of carboxylic acid groups (broad SMARTS) is 1. The first-order valence-electron chi connectivity index (χ1n) is 5.83. The summed E-state index contributed by atoms with van der Waals surface area (Å²) in [6, 6.07) is 5.92. The number of ether oxygens (including phenoxy) is 1. The van der Waals surface area contributed by atoms with Gasteiger partial charge in [-0.25, -0.2) is 0 Å². The van der Waals surface area contributed by atoms with E-state index >= 15 is 0 Å². The van der Waals surface area contributed by atoms with Crippen molar-refractivity contribution in [2.75, 3.05) is 18.1 Å². The zero-order chi connectivity index (χ0) is 12.4. The molecule has 0 fully saturated rings. The average Bonchev–Trinajstić information content (AvgIpc) is 2.28. The number of carboxylic acids is 1. The molecule has 17 heavy (non-hydrogen) atoms. The number of nitrogens with zero attached hydrogens (tertiary/aromatic N) is 1. The first-order valence-corrected chi connectivity index (χ1v) is 5.83. The summed E-state index contributed by atoms with van der Waals surface area (Å²) in [5.74, 6) is 0.0623. The molecule has 1 aromatic carbocycles. The molecule has 0 unspecified atom stereocenters. The Morgan fingerprint density at radius 2 is 2.35 bits per heavy atom. The Hall–Kier alpha value is -1.71. The Balaban J connectivity index is 2.31. The van der Waals surface area contributed by atoms with Gasteiger partial charge in [0, 0.05) is 6.54 Å². The number of hydrogen-bond donors (Lipinski definition) is 1. The van der Waals surface area contributed by atoms with Crippen LogP contribution in [0, 0.1) is 6.92 Å². The average molecular weight is 235 g/mol. The third-order valence-corrected chi connectivity index (χ3v) is 3.05. The Morgan fingerprint density at radius 1 is 1.59 bits per heavy atom. The SMILES string of the molecule is CCN1c2cc(C)ccc2OC[C@H]1CC(=O)O. The van der Waals surface area contributed by atoms with Crippen molar-refractivity contribution in [3.05, 3.63) is 23.8 Å². The van der Waals surface area contributed by atoms with Gasteiger partial charge in [0.25, 0.3) is 0 Å². The molecule has 1 aliphatic heterocycles. The van der Waals surface area contributed by atoms with Gasteiger partial charge in [0.15, 0.2) is 0 Å². The largest absolute Gasteiger partial charge is 0.489 e. The van der Waals surface area contributed by atoms with Crippen molar-refractivity contribution in [2.45, 2.75) is 26.3 Å². The first-order chi connectivity index (χ1) is 8.11. The van der Waals surface area contributed by atoms with Crippen LogP contribution in [-0.2, 0) is 4.79 Å². The quantitative estimate of drug-likeness (QED) is 0.871. The lowest BCUT2D eigenvalue weighted by atomic mass is 10.1. The van der Waals surface area contributed by atoms with Gasteiger partial charge in [0.1, 0.15) is 12.4 Å². The van der Waals surface area contributed by atoms with Crippen molar-refractivity contribution >= 4 is 11.7 Å². The topological polar surface area (TPSA) is 49.8 Å². The van der Waals surface area contributed by atoms with Gasteiger partial charge in [-0.15, -0.1) is 0 Å². The summed E-state index contributed by atoms with van der Waals surface area (Å²) in [4.78, 5) is 12.9. The van der Waals surface area contributed by atoms with Crippen LogP contribution in [0.3, 0.4) is 0 Å². The molecule has 0 saturated carbocycles. The van der Waals surface area contributed by atoms with E-state index in [0.29, 0.717) is 6.61 Å². The highest BCUT2D eigenvalue weighted by molar-refractivity contribution is 5.70. The maximum atomic E-state index is 10.8. The summed E-state index contributed by atoms with van der Waals surface area (Å²) in [6.45, 7) is 5.29. The van der Waals surface area contributed by atoms with Crippen LogP contribution < -0.4 is 9.64 Å². The van der Waals surface area contributed by atoms with E-state index in [2.05, 4.69) is 4.90 Å². The monoisotopic (exact) mass is 235 g/mol. The molecule has 1 aliphatic rings. The van der Waals surface area contributed by atoms with Crippen molar-refractivity contribution in [1.82, 2.24) is 0 Å². The van der Waals surface area contributed by atoms with Crippen molar-refractivity contribution in [2.24, 2.45) is 0 Å². The number of benzene rings is 1. The van der Waals surface area contributed by atoms with E-state index in [0.717, 1.165) is 23.5 Å². The number of rotatable bonds is 3. The molecular weight excluding hydrogens is 218 g/mol. The standard InChI is InChI=1S/C13H17NO3/c1-3-14-10(7-13(15)16)8-17-12-5-4-9(2)6-11(12)14/h4-6,10H,3,7-8H2,1-2H3,(H,15,16)/t10-/m1/s1. The highest BCUT2D eigenvalue weighted by Gasteiger charge is 2.28. The number of anilines is 1. The summed E-state index contributed by atoms with van der Waals surface area (Å²) in [5, 5.41) is 8.90. The molecule has 92 valence electrons. The van der Waals surface area contributed by atoms with Gasteiger partial charge < -0.3 is 14.7 Å². The van der Waals surface area contributed by atoms with Crippen molar-refractivity contribution in [1.29, 1.82) is 0 Å². The van der Waals surface area contributed by atoms with E-state index < -0.39 is 5.97 Å². The zero-order valence-corrected chi connectivity index (χ0v) is 10.1. The summed E-state index contributed by atoms with van der Waals surface area (Å²) in [6.07, 6.45) is 0.112. The molecule has 0 amide bonds. The van der Waals surface area contributed by atoms with Crippen molar-refractivity contribution < 1.29 is 14.6 Å². The number of likely N-dealkylation sites (N-methyl/N-ethyl adjacent to an activating group) is 1. The molecule has 1 aromatic rings. The summed E-state index contributed by atoms with van der Waals surface area (Å²) < 4.78 is 5.62. The van der Waals surface area contributed by atoms with Crippen LogP contribution in [0.25, 0.3) is 0 Å². The minimum absolute atomic E-state index is 0.0770. The molecule has 1 heterocycles. The van der Waals surface area contributed by atoms with Crippen LogP contribution in [0.4, 0.5) is 5.69 Å². The Morgan fingerprint density at radius 3 is 3.00 bits per heavy atom. The van der Waals surface area contributed by atoms with Crippen molar-refractivity contribution in [3.63, 3.8) is 0 Å². The van der Waals surface area contributed by atoms with E-state index in [1.165, 1.54) is 0 Å². The fourth-order valence-electron chi connectivity index (χ4n) is 2.25. The number of aryl methyl sites for hydroxylation is 1. The summed E-state index contributed by atoms with van der Waals surface area (Å²) >= 11 is 0. The second kappa shape index (κ2) is 4.65. The molecule has 1 N–H and O–H groups in total. The minimum atomic E-state index is -0.784. The van der Waals surface area contributed by atoms with Gasteiger partial charge >= 0.3 is 5.97 Å². The molecule has 0 radical (unpaired) electrons. The van der Waals surface area contributed by atoms with Gasteiger partial charge in [0.2, 0.25) is 0 Å². The Bertz CT molecular complexity index is 431. The molecule has 0 bridgehead atoms. The van der Waals surface area contributed by atoms with E-state index in [1.54, 1.807) is 0 Å². The number of carbonyl (C=O) groups is 1. The maximum absolute atomic E-state index is 10.8. The third-order valence-electron chi connectivity index (χ3n) is 3.05. The third kappa shape index (κ3) is 2.35. The lowest BCUT2D eigenvalue weighted by Crippen LogP contribution is -2.44. The van der Waals surface area contributed by atoms with Crippen LogP contribution in [0.5, 0.6) is 5.75 Å². The smallest absolute Gasteiger partial charge is 0.305 e. The number of fused-ring (bicyclic) bond motifs is 1. The molecule has 0 aliphatic carbocycles. The van der Waals surface area contributed by atoms with Crippen LogP contribution in [-0.4, -0.2) is 30.3 Å². The normalized spacial score (nSPS) is 18.5. The van der Waals surface area contributed by atoms with E-state index in [-0.39, 0.29) is 12.5 Å². The predicted octanol–water partition coefficient (Wildman–Crippen LogP) is 2.06. The van der Waals surface area contributed by atoms with E-state index in [9.17, 15) is 4.79 Å². The van der Waals surface area contributed by atoms with Crippen LogP contribution >= 0.6 is 0 Å². The van der Waals surface area contributed by atoms with Crippen LogP contribution in [0.1, 0.15) is 18.9 Å². The van der Waals surface area contributed by atoms with E-state index in [4.69, 9.17) is 9.84 Å². The highest BCUT2D eigenvalue weighted by Crippen LogP contribution is 2.35. The molecule has 0 aromatic heterocycles. The van der Waals surface area contributed by atoms with Crippen LogP contribution in [0.2, 0.25) is 0 Å². The Labute approximate surface area is 101 Å². The van der Waals surface area contributed by atoms with Gasteiger partial charge in [-0.3, -0.25) is 4.79 Å². The summed E-state index contributed by atoms with van der Waals surface area (Å²) in [5.41, 5.74) is 2.16. The second-order valence-corrected chi connectivity index (χ2v) is 4.32. The summed E-state index contributed by atoms with van der Waals surface area (Å²) in [7, 11) is 0. The second-order valence-electron chi connectivity index (χ2n) is 4.32. The maximum Gasteiger partial charge on any atom is 0.305 e. The van der Waals surface area contributed by atoms with Gasteiger partial charge in [-0.05, 0) is 31.5 Å². The predicted molar refractivity (Wildman–Crippen MR) is 65.7 cm³/mol. The zero-order valence-electron chi connectivity index (χ0n) is 10.1. The highest BCUT2D eigenvalue weighted by atomic mass is 16.5. The Kier molecular flexibility index (Phi) is 3.22. The lowest BCUT2D eigenvalue weighted by Gasteiger charge is -2.37. The molecule has 2 rings (SSSR count). The molecule has 4 nitrogen and oxygen atoms in total. The molecule has 0 spiro atoms. The number of aliphatic carboxylic acids is 1. The van der Waals surface area contributed by atoms with E-state index in [1.807, 2.05) is 32.0 Å². The molecule has 1 atom stereocenters. The first kappa shape index (κ1) is 11.8. The van der Waals surface area contributed by atoms with Gasteiger partial charge in [-0.1, -0.05) is 6.07 Å². The van der Waals surface area contributed by atoms with Gasteiger partial charge in [-0.2, -0.15) is 0 Å².